The van der Waals surface area contributed by atoms with Crippen LogP contribution < -0.4 is 5.32 Å². The van der Waals surface area contributed by atoms with E-state index in [1.165, 1.54) is 6.07 Å². The first-order valence-electron chi connectivity index (χ1n) is 9.32. The molecule has 2 heterocycles. The van der Waals surface area contributed by atoms with Crippen LogP contribution in [0.1, 0.15) is 29.0 Å². The van der Waals surface area contributed by atoms with Gasteiger partial charge in [0.15, 0.2) is 0 Å². The summed E-state index contributed by atoms with van der Waals surface area (Å²) in [5.74, 6) is -0.0439. The summed E-state index contributed by atoms with van der Waals surface area (Å²) in [5, 5.41) is 3.03. The summed E-state index contributed by atoms with van der Waals surface area (Å²) in [7, 11) is 0. The molecule has 1 aromatic carbocycles. The van der Waals surface area contributed by atoms with Gasteiger partial charge in [0.25, 0.3) is 0 Å². The fraction of sp³-hybridized carbons (Fsp3) is 0.364. The number of halogens is 1. The van der Waals surface area contributed by atoms with E-state index in [4.69, 9.17) is 0 Å². The Morgan fingerprint density at radius 1 is 1.41 bits per heavy atom. The normalized spacial score (nSPS) is 20.2. The molecule has 1 saturated heterocycles. The molecule has 1 aliphatic heterocycles. The SMILES string of the molecule is C=CCN1CC(C(=O)NCc2cccnc2)CC(c2ccc(F)c(C)c2)C1. The van der Waals surface area contributed by atoms with E-state index in [1.807, 2.05) is 30.3 Å². The van der Waals surface area contributed by atoms with Crippen molar-refractivity contribution < 1.29 is 9.18 Å². The van der Waals surface area contributed by atoms with Gasteiger partial charge in [0.1, 0.15) is 5.82 Å². The third-order valence-electron chi connectivity index (χ3n) is 5.13. The summed E-state index contributed by atoms with van der Waals surface area (Å²) in [5.41, 5.74) is 2.72. The lowest BCUT2D eigenvalue weighted by atomic mass is 9.83. The molecule has 0 radical (unpaired) electrons. The molecule has 2 aromatic rings. The standard InChI is InChI=1S/C22H26FN3O/c1-3-9-26-14-19(18-6-7-21(23)16(2)10-18)11-20(15-26)22(27)25-13-17-5-4-8-24-12-17/h3-8,10,12,19-20H,1,9,11,13-15H2,2H3,(H,25,27). The van der Waals surface area contributed by atoms with Gasteiger partial charge in [-0.15, -0.1) is 6.58 Å². The number of hydrogen-bond acceptors (Lipinski definition) is 3. The monoisotopic (exact) mass is 367 g/mol. The molecule has 1 amide bonds. The lowest BCUT2D eigenvalue weighted by Crippen LogP contribution is -2.45. The zero-order valence-electron chi connectivity index (χ0n) is 15.7. The summed E-state index contributed by atoms with van der Waals surface area (Å²) in [4.78, 5) is 19.1. The zero-order chi connectivity index (χ0) is 19.2. The van der Waals surface area contributed by atoms with Gasteiger partial charge in [-0.1, -0.05) is 24.3 Å². The molecular formula is C22H26FN3O. The average Bonchev–Trinajstić information content (AvgIpc) is 2.69. The summed E-state index contributed by atoms with van der Waals surface area (Å²) in [6.07, 6.45) is 6.10. The number of benzene rings is 1. The van der Waals surface area contributed by atoms with Crippen LogP contribution in [0.2, 0.25) is 0 Å². The molecule has 0 aliphatic carbocycles. The quantitative estimate of drug-likeness (QED) is 0.796. The Kier molecular flexibility index (Phi) is 6.35. The smallest absolute Gasteiger partial charge is 0.224 e. The van der Waals surface area contributed by atoms with E-state index in [-0.39, 0.29) is 23.6 Å². The number of amides is 1. The third kappa shape index (κ3) is 5.01. The number of hydrogen-bond donors (Lipinski definition) is 1. The number of nitrogens with zero attached hydrogens (tertiary/aromatic N) is 2. The number of aryl methyl sites for hydroxylation is 1. The van der Waals surface area contributed by atoms with E-state index >= 15 is 0 Å². The van der Waals surface area contributed by atoms with E-state index in [1.54, 1.807) is 19.3 Å². The largest absolute Gasteiger partial charge is 0.352 e. The van der Waals surface area contributed by atoms with Crippen LogP contribution in [0.5, 0.6) is 0 Å². The van der Waals surface area contributed by atoms with Crippen molar-refractivity contribution in [2.24, 2.45) is 5.92 Å². The lowest BCUT2D eigenvalue weighted by molar-refractivity contribution is -0.127. The van der Waals surface area contributed by atoms with Crippen LogP contribution in [-0.2, 0) is 11.3 Å². The predicted molar refractivity (Wildman–Crippen MR) is 105 cm³/mol. The summed E-state index contributed by atoms with van der Waals surface area (Å²) < 4.78 is 13.6. The molecule has 4 nitrogen and oxygen atoms in total. The fourth-order valence-electron chi connectivity index (χ4n) is 3.71. The summed E-state index contributed by atoms with van der Waals surface area (Å²) in [6, 6.07) is 9.08. The van der Waals surface area contributed by atoms with Crippen LogP contribution in [0.25, 0.3) is 0 Å². The van der Waals surface area contributed by atoms with Gasteiger partial charge in [-0.25, -0.2) is 4.39 Å². The Morgan fingerprint density at radius 3 is 2.96 bits per heavy atom. The highest BCUT2D eigenvalue weighted by molar-refractivity contribution is 5.79. The highest BCUT2D eigenvalue weighted by Crippen LogP contribution is 2.31. The van der Waals surface area contributed by atoms with Crippen LogP contribution in [0.15, 0.2) is 55.4 Å². The topological polar surface area (TPSA) is 45.2 Å². The molecule has 2 atom stereocenters. The van der Waals surface area contributed by atoms with Crippen LogP contribution >= 0.6 is 0 Å². The molecule has 27 heavy (non-hydrogen) atoms. The second-order valence-electron chi connectivity index (χ2n) is 7.22. The first-order valence-corrected chi connectivity index (χ1v) is 9.32. The third-order valence-corrected chi connectivity index (χ3v) is 5.13. The van der Waals surface area contributed by atoms with Crippen LogP contribution in [0.3, 0.4) is 0 Å². The highest BCUT2D eigenvalue weighted by atomic mass is 19.1. The minimum atomic E-state index is -0.191. The molecule has 1 fully saturated rings. The number of rotatable bonds is 6. The van der Waals surface area contributed by atoms with Crippen molar-refractivity contribution in [1.82, 2.24) is 15.2 Å². The molecule has 142 valence electrons. The molecule has 0 bridgehead atoms. The first kappa shape index (κ1) is 19.2. The number of pyridine rings is 1. The Bertz CT molecular complexity index is 793. The molecule has 0 saturated carbocycles. The maximum atomic E-state index is 13.6. The summed E-state index contributed by atoms with van der Waals surface area (Å²) in [6.45, 7) is 8.38. The number of carbonyl (C=O) groups excluding carboxylic acids is 1. The van der Waals surface area contributed by atoms with Crippen molar-refractivity contribution in [1.29, 1.82) is 0 Å². The van der Waals surface area contributed by atoms with Crippen molar-refractivity contribution in [2.45, 2.75) is 25.8 Å². The van der Waals surface area contributed by atoms with Crippen LogP contribution in [0.4, 0.5) is 4.39 Å². The maximum Gasteiger partial charge on any atom is 0.224 e. The van der Waals surface area contributed by atoms with Gasteiger partial charge in [0, 0.05) is 38.6 Å². The van der Waals surface area contributed by atoms with Crippen molar-refractivity contribution >= 4 is 5.91 Å². The van der Waals surface area contributed by atoms with Crippen molar-refractivity contribution in [3.8, 4) is 0 Å². The number of carbonyl (C=O) groups is 1. The second-order valence-corrected chi connectivity index (χ2v) is 7.22. The van der Waals surface area contributed by atoms with E-state index in [9.17, 15) is 9.18 Å². The van der Waals surface area contributed by atoms with E-state index in [0.717, 1.165) is 30.6 Å². The molecule has 3 rings (SSSR count). The van der Waals surface area contributed by atoms with Crippen LogP contribution in [-0.4, -0.2) is 35.4 Å². The van der Waals surface area contributed by atoms with Gasteiger partial charge in [0.2, 0.25) is 5.91 Å². The Labute approximate surface area is 160 Å². The molecule has 1 aromatic heterocycles. The zero-order valence-corrected chi connectivity index (χ0v) is 15.7. The Hall–Kier alpha value is -2.53. The minimum absolute atomic E-state index is 0.0523. The number of aromatic nitrogens is 1. The number of likely N-dealkylation sites (tertiary alicyclic amines) is 1. The molecule has 2 unspecified atom stereocenters. The van der Waals surface area contributed by atoms with Gasteiger partial charge in [-0.3, -0.25) is 14.7 Å². The number of piperidine rings is 1. The Balaban J connectivity index is 1.70. The van der Waals surface area contributed by atoms with Crippen molar-refractivity contribution in [2.75, 3.05) is 19.6 Å². The fourth-order valence-corrected chi connectivity index (χ4v) is 3.71. The predicted octanol–water partition coefficient (Wildman–Crippen LogP) is 3.44. The van der Waals surface area contributed by atoms with Crippen molar-refractivity contribution in [3.63, 3.8) is 0 Å². The lowest BCUT2D eigenvalue weighted by Gasteiger charge is -2.37. The van der Waals surface area contributed by atoms with Gasteiger partial charge >= 0.3 is 0 Å². The van der Waals surface area contributed by atoms with Gasteiger partial charge in [-0.2, -0.15) is 0 Å². The van der Waals surface area contributed by atoms with E-state index in [2.05, 4.69) is 21.8 Å². The minimum Gasteiger partial charge on any atom is -0.352 e. The highest BCUT2D eigenvalue weighted by Gasteiger charge is 2.32. The van der Waals surface area contributed by atoms with E-state index < -0.39 is 0 Å². The maximum absolute atomic E-state index is 13.6. The first-order chi connectivity index (χ1) is 13.1. The van der Waals surface area contributed by atoms with E-state index in [0.29, 0.717) is 18.7 Å². The number of nitrogens with one attached hydrogen (secondary N) is 1. The average molecular weight is 367 g/mol. The van der Waals surface area contributed by atoms with Crippen molar-refractivity contribution in [3.05, 3.63) is 77.9 Å². The summed E-state index contributed by atoms with van der Waals surface area (Å²) >= 11 is 0. The molecule has 0 spiro atoms. The van der Waals surface area contributed by atoms with Gasteiger partial charge in [-0.05, 0) is 48.1 Å². The van der Waals surface area contributed by atoms with Crippen LogP contribution in [0, 0.1) is 18.7 Å². The second kappa shape index (κ2) is 8.91. The molecule has 5 heteroatoms. The molecule has 1 N–H and O–H groups in total. The molecular weight excluding hydrogens is 341 g/mol. The van der Waals surface area contributed by atoms with Gasteiger partial charge in [0.05, 0.1) is 5.92 Å². The van der Waals surface area contributed by atoms with Gasteiger partial charge < -0.3 is 5.32 Å². The molecule has 1 aliphatic rings. The Morgan fingerprint density at radius 2 is 2.26 bits per heavy atom.